The van der Waals surface area contributed by atoms with Crippen molar-refractivity contribution in [3.63, 3.8) is 0 Å². The van der Waals surface area contributed by atoms with Gasteiger partial charge < -0.3 is 10.1 Å². The first-order valence-electron chi connectivity index (χ1n) is 5.84. The summed E-state index contributed by atoms with van der Waals surface area (Å²) in [4.78, 5) is 12.0. The van der Waals surface area contributed by atoms with Crippen LogP contribution in [-0.2, 0) is 9.53 Å². The first-order valence-corrected chi connectivity index (χ1v) is 5.84. The predicted octanol–water partition coefficient (Wildman–Crippen LogP) is 1.33. The van der Waals surface area contributed by atoms with Crippen molar-refractivity contribution < 1.29 is 9.53 Å². The van der Waals surface area contributed by atoms with Gasteiger partial charge in [0.2, 0.25) is 0 Å². The van der Waals surface area contributed by atoms with Gasteiger partial charge in [0.05, 0.1) is 7.11 Å². The van der Waals surface area contributed by atoms with Crippen molar-refractivity contribution in [1.29, 1.82) is 0 Å². The predicted molar refractivity (Wildman–Crippen MR) is 56.3 cm³/mol. The minimum Gasteiger partial charge on any atom is -0.468 e. The van der Waals surface area contributed by atoms with E-state index in [4.69, 9.17) is 4.74 Å². The molecule has 0 aromatic rings. The van der Waals surface area contributed by atoms with Crippen molar-refractivity contribution >= 4 is 5.97 Å². The lowest BCUT2D eigenvalue weighted by Crippen LogP contribution is -2.57. The second-order valence-electron chi connectivity index (χ2n) is 5.94. The van der Waals surface area contributed by atoms with Crippen LogP contribution in [0.5, 0.6) is 0 Å². The zero-order chi connectivity index (χ0) is 10.9. The van der Waals surface area contributed by atoms with E-state index in [0.29, 0.717) is 11.3 Å². The van der Waals surface area contributed by atoms with Crippen LogP contribution < -0.4 is 5.32 Å². The highest BCUT2D eigenvalue weighted by Gasteiger charge is 2.77. The Hall–Kier alpha value is -0.570. The second-order valence-corrected chi connectivity index (χ2v) is 5.94. The third-order valence-corrected chi connectivity index (χ3v) is 5.94. The highest BCUT2D eigenvalue weighted by atomic mass is 16.5. The average molecular weight is 209 g/mol. The van der Waals surface area contributed by atoms with Crippen LogP contribution in [0.4, 0.5) is 0 Å². The average Bonchev–Trinajstić information content (AvgIpc) is 2.70. The maximum Gasteiger partial charge on any atom is 0.326 e. The molecule has 0 amide bonds. The van der Waals surface area contributed by atoms with Gasteiger partial charge in [0, 0.05) is 12.0 Å². The normalized spacial score (nSPS) is 56.1. The number of piperidine rings is 1. The van der Waals surface area contributed by atoms with Gasteiger partial charge in [0.1, 0.15) is 5.54 Å². The Bertz CT molecular complexity index is 343. The summed E-state index contributed by atoms with van der Waals surface area (Å²) in [6, 6.07) is 0. The Labute approximate surface area is 90.6 Å². The minimum absolute atomic E-state index is 0.0454. The van der Waals surface area contributed by atoms with Crippen molar-refractivity contribution in [1.82, 2.24) is 5.32 Å². The van der Waals surface area contributed by atoms with Crippen LogP contribution >= 0.6 is 0 Å². The van der Waals surface area contributed by atoms with Gasteiger partial charge in [-0.3, -0.25) is 4.79 Å². The van der Waals surface area contributed by atoms with Gasteiger partial charge in [-0.2, -0.15) is 0 Å². The van der Waals surface area contributed by atoms with Gasteiger partial charge in [0.25, 0.3) is 0 Å². The van der Waals surface area contributed by atoms with Crippen LogP contribution in [0.1, 0.15) is 33.1 Å². The van der Waals surface area contributed by atoms with Crippen LogP contribution in [0.2, 0.25) is 0 Å². The van der Waals surface area contributed by atoms with Gasteiger partial charge in [-0.15, -0.1) is 0 Å². The van der Waals surface area contributed by atoms with E-state index in [-0.39, 0.29) is 16.9 Å². The SMILES string of the molecule is COC(=O)[C@]12C[C@@H]3CC[C@@]1(C)[C@]3(C)CN2. The maximum atomic E-state index is 12.0. The van der Waals surface area contributed by atoms with Crippen molar-refractivity contribution in [3.05, 3.63) is 0 Å². The Morgan fingerprint density at radius 3 is 2.73 bits per heavy atom. The topological polar surface area (TPSA) is 38.3 Å². The molecule has 0 aromatic carbocycles. The number of ether oxygens (including phenoxy) is 1. The molecule has 1 N–H and O–H groups in total. The summed E-state index contributed by atoms with van der Waals surface area (Å²) < 4.78 is 5.02. The van der Waals surface area contributed by atoms with E-state index in [1.165, 1.54) is 13.5 Å². The Balaban J connectivity index is 2.12. The lowest BCUT2D eigenvalue weighted by molar-refractivity contribution is -0.153. The first-order chi connectivity index (χ1) is 7.00. The van der Waals surface area contributed by atoms with E-state index >= 15 is 0 Å². The maximum absolute atomic E-state index is 12.0. The molecule has 0 radical (unpaired) electrons. The Kier molecular flexibility index (Phi) is 1.54. The second kappa shape index (κ2) is 2.40. The van der Waals surface area contributed by atoms with Gasteiger partial charge in [0.15, 0.2) is 0 Å². The fraction of sp³-hybridized carbons (Fsp3) is 0.917. The highest BCUT2D eigenvalue weighted by Crippen LogP contribution is 2.72. The summed E-state index contributed by atoms with van der Waals surface area (Å²) in [5, 5.41) is 3.46. The van der Waals surface area contributed by atoms with E-state index in [1.54, 1.807) is 0 Å². The van der Waals surface area contributed by atoms with E-state index in [9.17, 15) is 4.79 Å². The summed E-state index contributed by atoms with van der Waals surface area (Å²) in [6.07, 6.45) is 3.43. The van der Waals surface area contributed by atoms with Crippen LogP contribution in [0.15, 0.2) is 0 Å². The lowest BCUT2D eigenvalue weighted by atomic mass is 9.66. The molecule has 0 spiro atoms. The van der Waals surface area contributed by atoms with Gasteiger partial charge >= 0.3 is 5.97 Å². The molecule has 4 bridgehead atoms. The number of hydrogen-bond donors (Lipinski definition) is 1. The molecule has 0 unspecified atom stereocenters. The zero-order valence-electron chi connectivity index (χ0n) is 9.72. The van der Waals surface area contributed by atoms with Crippen molar-refractivity contribution in [2.75, 3.05) is 13.7 Å². The monoisotopic (exact) mass is 209 g/mol. The van der Waals surface area contributed by atoms with Crippen molar-refractivity contribution in [2.45, 2.75) is 38.6 Å². The standard InChI is InChI=1S/C12H19NO2/c1-10-7-13-12(9(14)15-3)6-8(10)4-5-11(10,12)2/h8,13H,4-7H2,1-3H3/t8-,10+,11-,12+/m0/s1. The fourth-order valence-corrected chi connectivity index (χ4v) is 4.64. The van der Waals surface area contributed by atoms with Crippen LogP contribution in [0.3, 0.4) is 0 Å². The number of hydrogen-bond acceptors (Lipinski definition) is 3. The van der Waals surface area contributed by atoms with E-state index in [2.05, 4.69) is 19.2 Å². The first kappa shape index (κ1) is 9.64. The van der Waals surface area contributed by atoms with Gasteiger partial charge in [-0.25, -0.2) is 0 Å². The Morgan fingerprint density at radius 1 is 1.47 bits per heavy atom. The largest absolute Gasteiger partial charge is 0.468 e. The van der Waals surface area contributed by atoms with E-state index in [0.717, 1.165) is 19.4 Å². The van der Waals surface area contributed by atoms with E-state index in [1.807, 2.05) is 0 Å². The number of esters is 1. The summed E-state index contributed by atoms with van der Waals surface area (Å²) in [5.41, 5.74) is 0.0400. The molecular weight excluding hydrogens is 190 g/mol. The molecule has 1 aliphatic heterocycles. The molecular formula is C12H19NO2. The number of carbonyl (C=O) groups excluding carboxylic acids is 1. The Morgan fingerprint density at radius 2 is 2.20 bits per heavy atom. The molecule has 1 saturated heterocycles. The molecule has 2 aliphatic carbocycles. The van der Waals surface area contributed by atoms with Crippen LogP contribution in [0.25, 0.3) is 0 Å². The summed E-state index contributed by atoms with van der Waals surface area (Å²) in [5.74, 6) is 0.666. The number of methoxy groups -OCH3 is 1. The van der Waals surface area contributed by atoms with Crippen molar-refractivity contribution in [2.24, 2.45) is 16.7 Å². The zero-order valence-corrected chi connectivity index (χ0v) is 9.72. The summed E-state index contributed by atoms with van der Waals surface area (Å²) in [6.45, 7) is 5.59. The number of nitrogens with one attached hydrogen (secondary N) is 1. The van der Waals surface area contributed by atoms with Gasteiger partial charge in [-0.05, 0) is 30.6 Å². The van der Waals surface area contributed by atoms with Crippen LogP contribution in [0, 0.1) is 16.7 Å². The highest BCUT2D eigenvalue weighted by molar-refractivity contribution is 5.84. The summed E-state index contributed by atoms with van der Waals surface area (Å²) in [7, 11) is 1.50. The minimum atomic E-state index is -0.376. The summed E-state index contributed by atoms with van der Waals surface area (Å²) >= 11 is 0. The fourth-order valence-electron chi connectivity index (χ4n) is 4.64. The molecule has 0 aromatic heterocycles. The third kappa shape index (κ3) is 0.718. The lowest BCUT2D eigenvalue weighted by Gasteiger charge is -2.40. The smallest absolute Gasteiger partial charge is 0.326 e. The number of rotatable bonds is 1. The molecule has 3 fully saturated rings. The third-order valence-electron chi connectivity index (χ3n) is 5.94. The molecule has 3 aliphatic rings. The van der Waals surface area contributed by atoms with E-state index < -0.39 is 0 Å². The quantitative estimate of drug-likeness (QED) is 0.662. The molecule has 84 valence electrons. The molecule has 3 rings (SSSR count). The molecule has 4 atom stereocenters. The molecule has 1 heterocycles. The van der Waals surface area contributed by atoms with Crippen molar-refractivity contribution in [3.8, 4) is 0 Å². The number of carbonyl (C=O) groups is 1. The van der Waals surface area contributed by atoms with Crippen LogP contribution in [-0.4, -0.2) is 25.2 Å². The van der Waals surface area contributed by atoms with Gasteiger partial charge in [-0.1, -0.05) is 13.8 Å². The molecule has 3 heteroatoms. The molecule has 3 nitrogen and oxygen atoms in total. The molecule has 15 heavy (non-hydrogen) atoms. The molecule has 2 saturated carbocycles.